The average molecular weight is 605 g/mol. The van der Waals surface area contributed by atoms with Gasteiger partial charge in [-0.2, -0.15) is 4.31 Å². The summed E-state index contributed by atoms with van der Waals surface area (Å²) >= 11 is 0. The van der Waals surface area contributed by atoms with Crippen molar-refractivity contribution in [2.24, 2.45) is 11.7 Å². The zero-order chi connectivity index (χ0) is 30.0. The number of nitrogens with zero attached hydrogens (tertiary/aromatic N) is 1. The van der Waals surface area contributed by atoms with Gasteiger partial charge in [0.05, 0.1) is 24.0 Å². The number of carbonyl (C=O) groups is 1. The predicted molar refractivity (Wildman–Crippen MR) is 159 cm³/mol. The smallest absolute Gasteiger partial charge is 0.241 e. The molecule has 2 aromatic carbocycles. The highest BCUT2D eigenvalue weighted by Crippen LogP contribution is 2.38. The van der Waals surface area contributed by atoms with E-state index in [0.717, 1.165) is 12.0 Å². The highest BCUT2D eigenvalue weighted by Gasteiger charge is 2.39. The number of nitrogens with two attached hydrogens (primary N) is 1. The van der Waals surface area contributed by atoms with Crippen molar-refractivity contribution in [1.29, 1.82) is 0 Å². The number of rotatable bonds is 8. The van der Waals surface area contributed by atoms with Gasteiger partial charge in [0, 0.05) is 36.8 Å². The van der Waals surface area contributed by atoms with Crippen LogP contribution in [0.4, 0.5) is 14.5 Å². The summed E-state index contributed by atoms with van der Waals surface area (Å²) < 4.78 is 61.5. The Morgan fingerprint density at radius 1 is 1.12 bits per heavy atom. The molecule has 42 heavy (non-hydrogen) atoms. The van der Waals surface area contributed by atoms with Crippen LogP contribution >= 0.6 is 0 Å². The number of benzene rings is 2. The monoisotopic (exact) mass is 604 g/mol. The minimum absolute atomic E-state index is 0.00986. The molecular weight excluding hydrogens is 562 g/mol. The first-order valence-electron chi connectivity index (χ1n) is 15.0. The number of amides is 1. The van der Waals surface area contributed by atoms with Gasteiger partial charge >= 0.3 is 0 Å². The van der Waals surface area contributed by atoms with Crippen LogP contribution in [0.5, 0.6) is 0 Å². The quantitative estimate of drug-likeness (QED) is 0.421. The Morgan fingerprint density at radius 3 is 2.52 bits per heavy atom. The summed E-state index contributed by atoms with van der Waals surface area (Å²) in [6.45, 7) is 5.00. The zero-order valence-corrected chi connectivity index (χ0v) is 25.1. The van der Waals surface area contributed by atoms with Crippen LogP contribution in [0, 0.1) is 17.6 Å². The molecule has 3 aliphatic rings. The van der Waals surface area contributed by atoms with Gasteiger partial charge in [-0.15, -0.1) is 0 Å². The van der Waals surface area contributed by atoms with E-state index in [1.807, 2.05) is 13.8 Å². The molecule has 0 radical (unpaired) electrons. The zero-order valence-electron chi connectivity index (χ0n) is 24.3. The van der Waals surface area contributed by atoms with E-state index in [9.17, 15) is 22.0 Å². The molecule has 8 atom stereocenters. The maximum absolute atomic E-state index is 14.4. The van der Waals surface area contributed by atoms with Gasteiger partial charge in [0.15, 0.2) is 0 Å². The van der Waals surface area contributed by atoms with Crippen molar-refractivity contribution < 1.29 is 26.7 Å². The molecule has 4 N–H and O–H groups in total. The maximum atomic E-state index is 14.4. The van der Waals surface area contributed by atoms with Crippen LogP contribution in [0.15, 0.2) is 42.5 Å². The molecule has 3 saturated heterocycles. The lowest BCUT2D eigenvalue weighted by molar-refractivity contribution is -0.119. The third-order valence-electron chi connectivity index (χ3n) is 9.02. The van der Waals surface area contributed by atoms with Crippen molar-refractivity contribution in [3.63, 3.8) is 0 Å². The Kier molecular flexibility index (Phi) is 9.63. The van der Waals surface area contributed by atoms with Gasteiger partial charge in [-0.3, -0.25) is 4.79 Å². The van der Waals surface area contributed by atoms with E-state index in [0.29, 0.717) is 56.4 Å². The summed E-state index contributed by atoms with van der Waals surface area (Å²) in [5.41, 5.74) is 8.46. The van der Waals surface area contributed by atoms with Crippen LogP contribution < -0.4 is 16.4 Å². The van der Waals surface area contributed by atoms with Crippen LogP contribution in [0.1, 0.15) is 63.0 Å². The van der Waals surface area contributed by atoms with Crippen LogP contribution in [-0.4, -0.2) is 67.8 Å². The van der Waals surface area contributed by atoms with E-state index < -0.39 is 33.7 Å². The Bertz CT molecular complexity index is 1350. The van der Waals surface area contributed by atoms with Crippen LogP contribution in [-0.2, 0) is 26.0 Å². The Balaban J connectivity index is 1.34. The number of halogens is 2. The first-order chi connectivity index (χ1) is 20.0. The van der Waals surface area contributed by atoms with E-state index in [1.54, 1.807) is 22.5 Å². The molecule has 3 aliphatic heterocycles. The number of carbonyl (C=O) groups excluding carboxylic acids is 1. The number of anilines is 1. The molecule has 1 amide bonds. The number of hydrogen-bond acceptors (Lipinski definition) is 6. The molecule has 0 saturated carbocycles. The fourth-order valence-electron chi connectivity index (χ4n) is 7.04. The summed E-state index contributed by atoms with van der Waals surface area (Å²) in [5, 5.41) is 6.34. The van der Waals surface area contributed by atoms with Gasteiger partial charge in [-0.25, -0.2) is 17.2 Å². The Morgan fingerprint density at radius 2 is 1.81 bits per heavy atom. The highest BCUT2D eigenvalue weighted by molar-refractivity contribution is 7.89. The van der Waals surface area contributed by atoms with Gasteiger partial charge in [0.2, 0.25) is 15.9 Å². The highest BCUT2D eigenvalue weighted by atomic mass is 32.2. The number of fused-ring (bicyclic) bond motifs is 2. The van der Waals surface area contributed by atoms with Crippen molar-refractivity contribution in [1.82, 2.24) is 9.62 Å². The molecule has 8 nitrogen and oxygen atoms in total. The number of aryl methyl sites for hydroxylation is 1. The summed E-state index contributed by atoms with van der Waals surface area (Å²) in [6.07, 6.45) is 3.83. The number of sulfonamides is 1. The van der Waals surface area contributed by atoms with Gasteiger partial charge in [0.1, 0.15) is 11.6 Å². The van der Waals surface area contributed by atoms with Crippen molar-refractivity contribution in [2.45, 2.75) is 88.6 Å². The van der Waals surface area contributed by atoms with E-state index in [4.69, 9.17) is 10.5 Å². The third-order valence-corrected chi connectivity index (χ3v) is 11.0. The number of ether oxygens (including phenoxy) is 1. The normalized spacial score (nSPS) is 30.6. The van der Waals surface area contributed by atoms with E-state index >= 15 is 0 Å². The Hall–Kier alpha value is -2.44. The van der Waals surface area contributed by atoms with Gasteiger partial charge in [0.25, 0.3) is 0 Å². The maximum Gasteiger partial charge on any atom is 0.241 e. The van der Waals surface area contributed by atoms with E-state index in [2.05, 4.69) is 10.6 Å². The first kappa shape index (κ1) is 31.0. The largest absolute Gasteiger partial charge is 0.376 e. The molecule has 2 bridgehead atoms. The molecule has 11 heteroatoms. The summed E-state index contributed by atoms with van der Waals surface area (Å²) in [7, 11) is -3.34. The van der Waals surface area contributed by atoms with Gasteiger partial charge < -0.3 is 21.1 Å². The molecule has 0 spiro atoms. The molecule has 230 valence electrons. The van der Waals surface area contributed by atoms with E-state index in [1.165, 1.54) is 24.3 Å². The number of nitrogens with one attached hydrogen (secondary N) is 2. The lowest BCUT2D eigenvalue weighted by Crippen LogP contribution is -2.57. The lowest BCUT2D eigenvalue weighted by Gasteiger charge is -2.39. The Labute approximate surface area is 247 Å². The molecule has 0 aromatic heterocycles. The van der Waals surface area contributed by atoms with Crippen LogP contribution in [0.3, 0.4) is 0 Å². The standard InChI is InChI=1S/C31H42F2N4O4S/c1-19-14-23(15-20(2)41-19)29(22-6-9-24(32)10-7-22)30(34)31(38)36-28-16-25(33)11-5-21(28)8-12-27-17-35-26-4-3-13-42(39,40)37(27)18-26/h5-7,9-11,16,19-20,23,26-27,29-30,35H,3-4,8,12-15,17-18,34H2,1-2H3,(H,36,38)/t19-,20+,23?,26-,27?,29+,30+/m1/s1. The molecule has 2 aromatic rings. The molecule has 3 unspecified atom stereocenters. The average Bonchev–Trinajstić information content (AvgIpc) is 3.05. The third kappa shape index (κ3) is 7.19. The molecule has 0 aliphatic carbocycles. The summed E-state index contributed by atoms with van der Waals surface area (Å²) in [6, 6.07) is 9.31. The van der Waals surface area contributed by atoms with Gasteiger partial charge in [-0.05, 0) is 93.7 Å². The van der Waals surface area contributed by atoms with Crippen molar-refractivity contribution in [2.75, 3.05) is 24.2 Å². The minimum atomic E-state index is -3.34. The fourth-order valence-corrected chi connectivity index (χ4v) is 8.84. The first-order valence-corrected chi connectivity index (χ1v) is 16.6. The van der Waals surface area contributed by atoms with Crippen molar-refractivity contribution in [3.05, 3.63) is 65.2 Å². The molecule has 3 fully saturated rings. The fraction of sp³-hybridized carbons (Fsp3) is 0.581. The molecular formula is C31H42F2N4O4S. The summed E-state index contributed by atoms with van der Waals surface area (Å²) in [5.74, 6) is -1.55. The number of hydrogen-bond donors (Lipinski definition) is 3. The van der Waals surface area contributed by atoms with Crippen molar-refractivity contribution >= 4 is 21.6 Å². The topological polar surface area (TPSA) is 114 Å². The van der Waals surface area contributed by atoms with Crippen LogP contribution in [0.2, 0.25) is 0 Å². The van der Waals surface area contributed by atoms with E-state index in [-0.39, 0.29) is 41.8 Å². The molecule has 5 rings (SSSR count). The SMILES string of the molecule is C[C@@H]1CC([C@H](c2ccc(F)cc2)[C@H](N)C(=O)Nc2cc(F)ccc2CCC2CN[C@@H]3CCCS(=O)(=O)N2C3)C[C@H](C)O1. The lowest BCUT2D eigenvalue weighted by atomic mass is 9.74. The second kappa shape index (κ2) is 13.1. The molecule has 3 heterocycles. The number of piperazine rings is 1. The van der Waals surface area contributed by atoms with Crippen molar-refractivity contribution in [3.8, 4) is 0 Å². The predicted octanol–water partition coefficient (Wildman–Crippen LogP) is 3.92. The second-order valence-corrected chi connectivity index (χ2v) is 14.2. The van der Waals surface area contributed by atoms with Crippen LogP contribution in [0.25, 0.3) is 0 Å². The second-order valence-electron chi connectivity index (χ2n) is 12.2. The van der Waals surface area contributed by atoms with Gasteiger partial charge in [-0.1, -0.05) is 18.2 Å². The summed E-state index contributed by atoms with van der Waals surface area (Å²) in [4.78, 5) is 13.7. The minimum Gasteiger partial charge on any atom is -0.376 e.